The molecule has 1 aliphatic heterocycles. The Kier molecular flexibility index (Phi) is 5.00. The molecule has 1 amide bonds. The van der Waals surface area contributed by atoms with Gasteiger partial charge in [-0.3, -0.25) is 0 Å². The summed E-state index contributed by atoms with van der Waals surface area (Å²) in [5.74, 6) is 0.473. The summed E-state index contributed by atoms with van der Waals surface area (Å²) in [6.45, 7) is 7.18. The van der Waals surface area contributed by atoms with Crippen LogP contribution in [0, 0.1) is 5.92 Å². The fourth-order valence-electron chi connectivity index (χ4n) is 1.85. The largest absolute Gasteiger partial charge is 0.444 e. The molecule has 0 spiro atoms. The van der Waals surface area contributed by atoms with Crippen molar-refractivity contribution in [1.82, 2.24) is 4.90 Å². The van der Waals surface area contributed by atoms with Crippen molar-refractivity contribution in [3.05, 3.63) is 12.2 Å². The minimum Gasteiger partial charge on any atom is -0.444 e. The van der Waals surface area contributed by atoms with Crippen LogP contribution in [0.15, 0.2) is 12.2 Å². The van der Waals surface area contributed by atoms with Crippen molar-refractivity contribution in [3.8, 4) is 0 Å². The quantitative estimate of drug-likeness (QED) is 0.754. The van der Waals surface area contributed by atoms with Gasteiger partial charge >= 0.3 is 6.09 Å². The second-order valence-electron chi connectivity index (χ2n) is 5.42. The Morgan fingerprint density at radius 3 is 2.47 bits per heavy atom. The van der Waals surface area contributed by atoms with Crippen LogP contribution in [0.3, 0.4) is 0 Å². The molecule has 1 N–H and O–H groups in total. The Balaban J connectivity index is 2.36. The van der Waals surface area contributed by atoms with Gasteiger partial charge < -0.3 is 14.7 Å². The summed E-state index contributed by atoms with van der Waals surface area (Å²) in [6.07, 6.45) is 5.47. The van der Waals surface area contributed by atoms with E-state index in [4.69, 9.17) is 9.84 Å². The number of amides is 1. The van der Waals surface area contributed by atoms with Crippen LogP contribution in [0.1, 0.15) is 33.6 Å². The van der Waals surface area contributed by atoms with Crippen LogP contribution >= 0.6 is 0 Å². The number of allylic oxidation sites excluding steroid dienone is 1. The smallest absolute Gasteiger partial charge is 0.410 e. The van der Waals surface area contributed by atoms with E-state index < -0.39 is 5.60 Å². The van der Waals surface area contributed by atoms with Gasteiger partial charge in [0, 0.05) is 13.1 Å². The number of aliphatic hydroxyl groups excluding tert-OH is 1. The highest BCUT2D eigenvalue weighted by molar-refractivity contribution is 5.68. The summed E-state index contributed by atoms with van der Waals surface area (Å²) < 4.78 is 5.32. The maximum absolute atomic E-state index is 11.8. The van der Waals surface area contributed by atoms with Gasteiger partial charge in [0.2, 0.25) is 0 Å². The summed E-state index contributed by atoms with van der Waals surface area (Å²) in [7, 11) is 0. The van der Waals surface area contributed by atoms with Gasteiger partial charge in [0.1, 0.15) is 5.60 Å². The van der Waals surface area contributed by atoms with Gasteiger partial charge in [-0.05, 0) is 39.5 Å². The lowest BCUT2D eigenvalue weighted by Crippen LogP contribution is -2.41. The van der Waals surface area contributed by atoms with Crippen LogP contribution in [0.25, 0.3) is 0 Å². The van der Waals surface area contributed by atoms with E-state index in [1.54, 1.807) is 11.0 Å². The van der Waals surface area contributed by atoms with Gasteiger partial charge in [-0.15, -0.1) is 0 Å². The molecule has 17 heavy (non-hydrogen) atoms. The first-order valence-electron chi connectivity index (χ1n) is 6.18. The third-order valence-electron chi connectivity index (χ3n) is 2.70. The highest BCUT2D eigenvalue weighted by Gasteiger charge is 2.25. The Morgan fingerprint density at radius 2 is 2.00 bits per heavy atom. The number of hydrogen-bond acceptors (Lipinski definition) is 3. The number of ether oxygens (including phenoxy) is 1. The zero-order valence-corrected chi connectivity index (χ0v) is 11.0. The molecule has 1 aliphatic rings. The number of nitrogens with zero attached hydrogens (tertiary/aromatic N) is 1. The van der Waals surface area contributed by atoms with E-state index in [0.29, 0.717) is 5.92 Å². The summed E-state index contributed by atoms with van der Waals surface area (Å²) >= 11 is 0. The second kappa shape index (κ2) is 6.05. The fourth-order valence-corrected chi connectivity index (χ4v) is 1.85. The predicted octanol–water partition coefficient (Wildman–Crippen LogP) is 2.18. The molecule has 0 aromatic heterocycles. The Bertz CT molecular complexity index is 273. The molecule has 1 saturated heterocycles. The molecule has 4 heteroatoms. The molecule has 1 rings (SSSR count). The number of rotatable bonds is 2. The average molecular weight is 241 g/mol. The van der Waals surface area contributed by atoms with Crippen LogP contribution < -0.4 is 0 Å². The van der Waals surface area contributed by atoms with E-state index >= 15 is 0 Å². The third-order valence-corrected chi connectivity index (χ3v) is 2.70. The van der Waals surface area contributed by atoms with E-state index in [-0.39, 0.29) is 12.7 Å². The zero-order chi connectivity index (χ0) is 12.9. The molecule has 0 atom stereocenters. The number of carbonyl (C=O) groups excluding carboxylic acids is 1. The van der Waals surface area contributed by atoms with E-state index in [1.807, 2.05) is 26.8 Å². The zero-order valence-electron chi connectivity index (χ0n) is 11.0. The van der Waals surface area contributed by atoms with E-state index in [9.17, 15) is 4.79 Å². The summed E-state index contributed by atoms with van der Waals surface area (Å²) in [6, 6.07) is 0. The third kappa shape index (κ3) is 5.22. The summed E-state index contributed by atoms with van der Waals surface area (Å²) in [5, 5.41) is 8.69. The monoisotopic (exact) mass is 241 g/mol. The first-order chi connectivity index (χ1) is 7.92. The van der Waals surface area contributed by atoms with Crippen LogP contribution in [-0.2, 0) is 4.74 Å². The van der Waals surface area contributed by atoms with Gasteiger partial charge in [0.05, 0.1) is 6.61 Å². The molecule has 0 radical (unpaired) electrons. The molecule has 0 unspecified atom stereocenters. The Morgan fingerprint density at radius 1 is 1.41 bits per heavy atom. The molecule has 0 bridgehead atoms. The maximum atomic E-state index is 11.8. The number of piperidine rings is 1. The number of hydrogen-bond donors (Lipinski definition) is 1. The number of aliphatic hydroxyl groups is 1. The van der Waals surface area contributed by atoms with Crippen molar-refractivity contribution in [2.45, 2.75) is 39.2 Å². The summed E-state index contributed by atoms with van der Waals surface area (Å²) in [5.41, 5.74) is -0.426. The Labute approximate surface area is 103 Å². The molecule has 0 aromatic rings. The van der Waals surface area contributed by atoms with Crippen LogP contribution in [-0.4, -0.2) is 41.4 Å². The lowest BCUT2D eigenvalue weighted by Gasteiger charge is -2.32. The molecule has 0 aliphatic carbocycles. The van der Waals surface area contributed by atoms with E-state index in [0.717, 1.165) is 25.9 Å². The SMILES string of the molecule is CC(C)(C)OC(=O)N1CCC(/C=C\CO)CC1. The highest BCUT2D eigenvalue weighted by Crippen LogP contribution is 2.20. The lowest BCUT2D eigenvalue weighted by atomic mass is 9.97. The topological polar surface area (TPSA) is 49.8 Å². The van der Waals surface area contributed by atoms with Crippen molar-refractivity contribution in [2.75, 3.05) is 19.7 Å². The molecule has 1 fully saturated rings. The highest BCUT2D eigenvalue weighted by atomic mass is 16.6. The standard InChI is InChI=1S/C13H23NO3/c1-13(2,3)17-12(16)14-8-6-11(7-9-14)5-4-10-15/h4-5,11,15H,6-10H2,1-3H3/b5-4-. The number of carbonyl (C=O) groups is 1. The van der Waals surface area contributed by atoms with Crippen LogP contribution in [0.5, 0.6) is 0 Å². The van der Waals surface area contributed by atoms with Gasteiger partial charge in [0.25, 0.3) is 0 Å². The van der Waals surface area contributed by atoms with Crippen LogP contribution in [0.4, 0.5) is 4.79 Å². The lowest BCUT2D eigenvalue weighted by molar-refractivity contribution is 0.0197. The summed E-state index contributed by atoms with van der Waals surface area (Å²) in [4.78, 5) is 13.5. The fraction of sp³-hybridized carbons (Fsp3) is 0.769. The van der Waals surface area contributed by atoms with E-state index in [1.165, 1.54) is 0 Å². The molecule has 98 valence electrons. The second-order valence-corrected chi connectivity index (χ2v) is 5.42. The van der Waals surface area contributed by atoms with Crippen molar-refractivity contribution >= 4 is 6.09 Å². The van der Waals surface area contributed by atoms with Crippen molar-refractivity contribution < 1.29 is 14.6 Å². The molecular weight excluding hydrogens is 218 g/mol. The van der Waals surface area contributed by atoms with Gasteiger partial charge in [-0.1, -0.05) is 12.2 Å². The first kappa shape index (κ1) is 14.0. The van der Waals surface area contributed by atoms with Crippen molar-refractivity contribution in [3.63, 3.8) is 0 Å². The average Bonchev–Trinajstić information content (AvgIpc) is 2.24. The molecule has 1 heterocycles. The number of likely N-dealkylation sites (tertiary alicyclic amines) is 1. The normalized spacial score (nSPS) is 18.7. The van der Waals surface area contributed by atoms with Crippen LogP contribution in [0.2, 0.25) is 0 Å². The maximum Gasteiger partial charge on any atom is 0.410 e. The van der Waals surface area contributed by atoms with E-state index in [2.05, 4.69) is 0 Å². The van der Waals surface area contributed by atoms with Crippen molar-refractivity contribution in [1.29, 1.82) is 0 Å². The molecular formula is C13H23NO3. The molecule has 4 nitrogen and oxygen atoms in total. The first-order valence-corrected chi connectivity index (χ1v) is 6.18. The van der Waals surface area contributed by atoms with Gasteiger partial charge in [-0.2, -0.15) is 0 Å². The predicted molar refractivity (Wildman–Crippen MR) is 66.8 cm³/mol. The van der Waals surface area contributed by atoms with Gasteiger partial charge in [0.15, 0.2) is 0 Å². The van der Waals surface area contributed by atoms with Crippen molar-refractivity contribution in [2.24, 2.45) is 5.92 Å². The molecule has 0 saturated carbocycles. The minimum atomic E-state index is -0.426. The molecule has 0 aromatic carbocycles. The Hall–Kier alpha value is -1.03. The van der Waals surface area contributed by atoms with Gasteiger partial charge in [-0.25, -0.2) is 4.79 Å². The minimum absolute atomic E-state index is 0.0896.